The van der Waals surface area contributed by atoms with Crippen molar-refractivity contribution >= 4 is 79.3 Å². The number of aliphatic carboxylic acids is 1. The zero-order valence-corrected chi connectivity index (χ0v) is 37.2. The standard InChI is InChI=1S/C47H40IN5O8S2/c48-28-46(44(57)58)29-53-42(56)39(43(53)63(59)30-46)50-41(55)38(52-60-26-37(54)61-40(31-16-6-1-7-17-31)32-18-8-2-9-19-32)36-27-62-45(49-36)51-47(33-20-10-3-11-21-33,34-22-12-4-13-23-34)35-24-14-5-15-25-35/h1-25,27,39-40,43H,26,28-30H2,(H,49,51)(H,50,55)(H,57,58)/t39?,43-,46?,63?/m1/s1. The first kappa shape index (κ1) is 43.4. The van der Waals surface area contributed by atoms with E-state index in [1.54, 1.807) is 5.38 Å². The molecule has 16 heteroatoms. The van der Waals surface area contributed by atoms with Gasteiger partial charge in [-0.25, -0.2) is 9.78 Å². The van der Waals surface area contributed by atoms with Crippen molar-refractivity contribution in [3.05, 3.63) is 191 Å². The van der Waals surface area contributed by atoms with Crippen molar-refractivity contribution in [1.82, 2.24) is 15.2 Å². The third-order valence-corrected chi connectivity index (χ3v) is 15.1. The molecule has 3 N–H and O–H groups in total. The van der Waals surface area contributed by atoms with E-state index in [1.807, 2.05) is 174 Å². The molecule has 2 aliphatic heterocycles. The molecule has 63 heavy (non-hydrogen) atoms. The molecule has 0 spiro atoms. The van der Waals surface area contributed by atoms with Gasteiger partial charge in [0.2, 0.25) is 12.5 Å². The molecule has 6 aromatic rings. The predicted molar refractivity (Wildman–Crippen MR) is 248 cm³/mol. The number of nitrogens with zero attached hydrogens (tertiary/aromatic N) is 3. The van der Waals surface area contributed by atoms with Crippen molar-refractivity contribution in [2.75, 3.05) is 28.6 Å². The summed E-state index contributed by atoms with van der Waals surface area (Å²) in [4.78, 5) is 65.0. The number of hydrogen-bond acceptors (Lipinski definition) is 11. The number of aromatic nitrogens is 1. The Morgan fingerprint density at radius 1 is 0.857 bits per heavy atom. The number of carbonyl (C=O) groups is 4. The first-order valence-electron chi connectivity index (χ1n) is 19.8. The van der Waals surface area contributed by atoms with E-state index < -0.39 is 69.6 Å². The highest BCUT2D eigenvalue weighted by atomic mass is 127. The van der Waals surface area contributed by atoms with Gasteiger partial charge in [0.25, 0.3) is 5.91 Å². The number of esters is 1. The average molecular weight is 994 g/mol. The topological polar surface area (TPSA) is 177 Å². The average Bonchev–Trinajstić information content (AvgIpc) is 3.79. The molecule has 1 aromatic heterocycles. The van der Waals surface area contributed by atoms with Crippen molar-refractivity contribution in [1.29, 1.82) is 0 Å². The zero-order chi connectivity index (χ0) is 44.0. The summed E-state index contributed by atoms with van der Waals surface area (Å²) in [7, 11) is -1.81. The van der Waals surface area contributed by atoms with E-state index in [0.717, 1.165) is 27.8 Å². The SMILES string of the molecule is O=C(CON=C(C(=O)NC1C(=O)N2CC(CI)(C(=O)O)CS(=O)[C@H]12)c1csc(NC(c2ccccc2)(c2ccccc2)c2ccccc2)n1)OC(c1ccccc1)c1ccccc1. The maximum atomic E-state index is 14.3. The van der Waals surface area contributed by atoms with Gasteiger partial charge in [-0.3, -0.25) is 18.6 Å². The highest BCUT2D eigenvalue weighted by Gasteiger charge is 2.60. The second-order valence-corrected chi connectivity index (χ2v) is 18.1. The van der Waals surface area contributed by atoms with Crippen molar-refractivity contribution in [2.24, 2.45) is 10.6 Å². The molecule has 0 aliphatic carbocycles. The fraction of sp³-hybridized carbons (Fsp3) is 0.191. The van der Waals surface area contributed by atoms with Crippen LogP contribution in [0.25, 0.3) is 0 Å². The minimum atomic E-state index is -1.81. The Balaban J connectivity index is 1.10. The lowest BCUT2D eigenvalue weighted by molar-refractivity contribution is -0.157. The number of alkyl halides is 1. The number of nitrogens with one attached hydrogen (secondary N) is 2. The third-order valence-electron chi connectivity index (χ3n) is 11.0. The lowest BCUT2D eigenvalue weighted by Gasteiger charge is -2.53. The van der Waals surface area contributed by atoms with Crippen molar-refractivity contribution < 1.29 is 38.1 Å². The van der Waals surface area contributed by atoms with Crippen LogP contribution in [0, 0.1) is 5.41 Å². The Hall–Kier alpha value is -6.24. The highest BCUT2D eigenvalue weighted by molar-refractivity contribution is 14.1. The van der Waals surface area contributed by atoms with Gasteiger partial charge in [0.1, 0.15) is 28.1 Å². The number of benzene rings is 5. The zero-order valence-electron chi connectivity index (χ0n) is 33.4. The first-order chi connectivity index (χ1) is 30.6. The smallest absolute Gasteiger partial charge is 0.347 e. The summed E-state index contributed by atoms with van der Waals surface area (Å²) in [5, 5.41) is 21.5. The Labute approximate surface area is 383 Å². The van der Waals surface area contributed by atoms with E-state index >= 15 is 0 Å². The molecule has 13 nitrogen and oxygen atoms in total. The largest absolute Gasteiger partial charge is 0.481 e. The van der Waals surface area contributed by atoms with E-state index in [1.165, 1.54) is 16.2 Å². The Morgan fingerprint density at radius 3 is 1.86 bits per heavy atom. The maximum absolute atomic E-state index is 14.3. The minimum Gasteiger partial charge on any atom is -0.481 e. The van der Waals surface area contributed by atoms with Crippen molar-refractivity contribution in [2.45, 2.75) is 23.1 Å². The predicted octanol–water partition coefficient (Wildman–Crippen LogP) is 6.52. The lowest BCUT2D eigenvalue weighted by Crippen LogP contribution is -2.77. The Bertz CT molecular complexity index is 2510. The molecule has 5 aromatic carbocycles. The van der Waals surface area contributed by atoms with Crippen molar-refractivity contribution in [3.63, 3.8) is 0 Å². The van der Waals surface area contributed by atoms with Crippen LogP contribution in [-0.2, 0) is 45.1 Å². The minimum absolute atomic E-state index is 0.0612. The van der Waals surface area contributed by atoms with E-state index in [9.17, 15) is 28.5 Å². The quantitative estimate of drug-likeness (QED) is 0.0184. The fourth-order valence-corrected chi connectivity index (χ4v) is 11.7. The third kappa shape index (κ3) is 8.87. The second-order valence-electron chi connectivity index (χ2n) is 15.0. The van der Waals surface area contributed by atoms with Gasteiger partial charge < -0.3 is 30.2 Å². The number of carboxylic acids is 1. The number of thiazole rings is 1. The van der Waals surface area contributed by atoms with Crippen LogP contribution < -0.4 is 10.6 Å². The summed E-state index contributed by atoms with van der Waals surface area (Å²) in [6.45, 7) is -0.823. The number of fused-ring (bicyclic) bond motifs is 1. The van der Waals surface area contributed by atoms with Crippen LogP contribution in [0.5, 0.6) is 0 Å². The van der Waals surface area contributed by atoms with Crippen LogP contribution in [0.1, 0.15) is 39.6 Å². The van der Waals surface area contributed by atoms with Gasteiger partial charge in [0.05, 0.1) is 0 Å². The van der Waals surface area contributed by atoms with E-state index in [-0.39, 0.29) is 28.1 Å². The molecular formula is C47H40IN5O8S2. The van der Waals surface area contributed by atoms with E-state index in [0.29, 0.717) is 5.13 Å². The number of carbonyl (C=O) groups excluding carboxylic acids is 3. The number of anilines is 1. The number of carboxylic acid groups (broad SMARTS) is 1. The Morgan fingerprint density at radius 2 is 1.37 bits per heavy atom. The molecule has 2 fully saturated rings. The molecule has 3 heterocycles. The van der Waals surface area contributed by atoms with E-state index in [2.05, 4.69) is 15.8 Å². The second kappa shape index (κ2) is 19.0. The van der Waals surface area contributed by atoms with Crippen LogP contribution in [-0.4, -0.2) is 83.4 Å². The number of hydrogen-bond donors (Lipinski definition) is 3. The number of oxime groups is 1. The van der Waals surface area contributed by atoms with Crippen LogP contribution in [0.4, 0.5) is 5.13 Å². The summed E-state index contributed by atoms with van der Waals surface area (Å²) < 4.78 is 19.6. The first-order valence-corrected chi connectivity index (χ1v) is 23.6. The number of rotatable bonds is 16. The van der Waals surface area contributed by atoms with Crippen LogP contribution in [0.15, 0.2) is 162 Å². The number of amides is 2. The summed E-state index contributed by atoms with van der Waals surface area (Å²) in [5.41, 5.74) is 1.59. The summed E-state index contributed by atoms with van der Waals surface area (Å²) >= 11 is 3.13. The molecule has 8 rings (SSSR count). The number of β-lactam (4-membered cyclic amide) rings is 1. The molecule has 320 valence electrons. The molecule has 0 bridgehead atoms. The fourth-order valence-electron chi connectivity index (χ4n) is 7.81. The van der Waals surface area contributed by atoms with Gasteiger partial charge in [0, 0.05) is 32.9 Å². The van der Waals surface area contributed by atoms with Crippen LogP contribution in [0.3, 0.4) is 0 Å². The summed E-state index contributed by atoms with van der Waals surface area (Å²) in [5.74, 6) is -3.55. The molecule has 3 unspecified atom stereocenters. The molecule has 4 atom stereocenters. The summed E-state index contributed by atoms with van der Waals surface area (Å²) in [6.07, 6.45) is -0.752. The van der Waals surface area contributed by atoms with Crippen LogP contribution >= 0.6 is 33.9 Å². The van der Waals surface area contributed by atoms with E-state index in [4.69, 9.17) is 14.6 Å². The molecule has 2 saturated heterocycles. The van der Waals surface area contributed by atoms with Crippen molar-refractivity contribution in [3.8, 4) is 0 Å². The lowest BCUT2D eigenvalue weighted by atomic mass is 9.77. The maximum Gasteiger partial charge on any atom is 0.347 e. The molecular weight excluding hydrogens is 954 g/mol. The number of ether oxygens (including phenoxy) is 1. The van der Waals surface area contributed by atoms with Crippen LogP contribution in [0.2, 0.25) is 0 Å². The number of halogens is 1. The normalized spacial score (nSPS) is 19.7. The highest BCUT2D eigenvalue weighted by Crippen LogP contribution is 2.41. The molecule has 0 saturated carbocycles. The van der Waals surface area contributed by atoms with Gasteiger partial charge in [-0.05, 0) is 27.8 Å². The van der Waals surface area contributed by atoms with Gasteiger partial charge in [-0.1, -0.05) is 179 Å². The molecule has 0 radical (unpaired) electrons. The van der Waals surface area contributed by atoms with Gasteiger partial charge in [-0.15, -0.1) is 11.3 Å². The Kier molecular flexibility index (Phi) is 13.1. The van der Waals surface area contributed by atoms with Gasteiger partial charge in [0.15, 0.2) is 16.9 Å². The monoisotopic (exact) mass is 993 g/mol. The molecule has 2 amide bonds. The summed E-state index contributed by atoms with van der Waals surface area (Å²) in [6, 6.07) is 46.9. The van der Waals surface area contributed by atoms with Gasteiger partial charge in [-0.2, -0.15) is 0 Å². The van der Waals surface area contributed by atoms with Gasteiger partial charge >= 0.3 is 11.9 Å². The molecule has 2 aliphatic rings.